The van der Waals surface area contributed by atoms with E-state index in [4.69, 9.17) is 66.3 Å². The van der Waals surface area contributed by atoms with Crippen LogP contribution in [0.4, 0.5) is 0 Å². The highest BCUT2D eigenvalue weighted by Gasteiger charge is 2.74. The van der Waals surface area contributed by atoms with Gasteiger partial charge in [0.2, 0.25) is 6.29 Å². The number of carbonyl (C=O) groups excluding carboxylic acids is 1. The van der Waals surface area contributed by atoms with E-state index in [-0.39, 0.29) is 38.2 Å². The standard InChI is InChI=1S/C70H114O37/c1-26-51(103-58-50(91)52(31(77)19-94-58)104-62-54(92)65(4,22-72)25-98-62)45(86)49(90)59(99-26)105-53-38(79)30(76)18-95-61(53)107-63(93)70-13-12-64(2,3)14-28(70)27-8-9-35-66(5)15-29(75)55(69(23-73,24-74)36(66)10-11-67(35,6)68(27,7)16-37(70)78)106-60-48(89)44(85)41(82)34(102-60)21-97-57-47(88)43(84)40(81)33(101-57)20-96-56-46(87)42(83)39(80)32(17-71)100-56/h8,26,28-62,71-92H,9-25H2,1-7H3/t26-,28-,29-,30-,31+,32+,33+,34+,35+,36?,37+,38-,39+,40+,41+,42-,43-,44-,45-,46+,47+,48+,49+,50+,51-,52-,53+,54-,55-,56+,57+,58-,59-,60-,61-,62-,65-,66+,67+,68+,70+/m0/s1. The summed E-state index contributed by atoms with van der Waals surface area (Å²) in [6.07, 6.45) is -52.1. The van der Waals surface area contributed by atoms with Crippen molar-refractivity contribution in [1.29, 1.82) is 0 Å². The molecule has 7 saturated heterocycles. The molecule has 37 heteroatoms. The number of ether oxygens (including phenoxy) is 14. The van der Waals surface area contributed by atoms with Crippen LogP contribution in [0.15, 0.2) is 11.6 Å². The first-order valence-electron chi connectivity index (χ1n) is 37.2. The molecule has 0 radical (unpaired) electrons. The molecule has 0 bridgehead atoms. The average molecular weight is 1550 g/mol. The Morgan fingerprint density at radius 2 is 1.03 bits per heavy atom. The van der Waals surface area contributed by atoms with Crippen LogP contribution in [0.3, 0.4) is 0 Å². The van der Waals surface area contributed by atoms with Gasteiger partial charge in [0, 0.05) is 10.8 Å². The smallest absolute Gasteiger partial charge is 0.317 e. The van der Waals surface area contributed by atoms with Crippen molar-refractivity contribution in [3.05, 3.63) is 11.6 Å². The minimum absolute atomic E-state index is 0.0101. The first-order valence-corrected chi connectivity index (χ1v) is 37.2. The van der Waals surface area contributed by atoms with Gasteiger partial charge in [0.25, 0.3) is 0 Å². The van der Waals surface area contributed by atoms with E-state index in [1.165, 1.54) is 6.92 Å². The zero-order chi connectivity index (χ0) is 78.1. The predicted octanol–water partition coefficient (Wildman–Crippen LogP) is -8.45. The van der Waals surface area contributed by atoms with Crippen LogP contribution in [0.5, 0.6) is 0 Å². The van der Waals surface area contributed by atoms with Crippen LogP contribution < -0.4 is 0 Å². The van der Waals surface area contributed by atoms with E-state index in [9.17, 15) is 112 Å². The predicted molar refractivity (Wildman–Crippen MR) is 350 cm³/mol. The number of esters is 1. The summed E-state index contributed by atoms with van der Waals surface area (Å²) in [5.41, 5.74) is -6.57. The van der Waals surface area contributed by atoms with Crippen molar-refractivity contribution in [3.63, 3.8) is 0 Å². The van der Waals surface area contributed by atoms with Gasteiger partial charge in [0.15, 0.2) is 43.8 Å². The molecule has 22 N–H and O–H groups in total. The molecule has 11 fully saturated rings. The Balaban J connectivity index is 0.725. The lowest BCUT2D eigenvalue weighted by molar-refractivity contribution is -0.372. The van der Waals surface area contributed by atoms with E-state index < -0.39 is 311 Å². The van der Waals surface area contributed by atoms with Crippen LogP contribution in [0.25, 0.3) is 0 Å². The third-order valence-corrected chi connectivity index (χ3v) is 27.1. The Hall–Kier alpha value is -2.19. The molecule has 4 saturated carbocycles. The monoisotopic (exact) mass is 1550 g/mol. The van der Waals surface area contributed by atoms with Crippen LogP contribution in [0.1, 0.15) is 99.8 Å². The summed E-state index contributed by atoms with van der Waals surface area (Å²) in [5.74, 6) is -2.61. The molecule has 616 valence electrons. The van der Waals surface area contributed by atoms with Crippen LogP contribution in [0, 0.1) is 55.7 Å². The number of fused-ring (bicyclic) bond motifs is 7. The molecule has 0 aromatic carbocycles. The van der Waals surface area contributed by atoms with Crippen LogP contribution in [-0.2, 0) is 71.1 Å². The Bertz CT molecular complexity index is 3040. The molecule has 1 unspecified atom stereocenters. The second kappa shape index (κ2) is 31.8. The summed E-state index contributed by atoms with van der Waals surface area (Å²) in [6.45, 7) is 7.88. The molecule has 7 aliphatic heterocycles. The van der Waals surface area contributed by atoms with Crippen molar-refractivity contribution in [2.24, 2.45) is 55.7 Å². The Morgan fingerprint density at radius 1 is 0.486 bits per heavy atom. The highest BCUT2D eigenvalue weighted by atomic mass is 16.8. The van der Waals surface area contributed by atoms with Crippen molar-refractivity contribution in [2.75, 3.05) is 59.5 Å². The zero-order valence-electron chi connectivity index (χ0n) is 60.8. The highest BCUT2D eigenvalue weighted by Crippen LogP contribution is 2.76. The van der Waals surface area contributed by atoms with E-state index >= 15 is 4.79 Å². The number of aliphatic hydroxyl groups is 22. The van der Waals surface area contributed by atoms with Gasteiger partial charge in [-0.25, -0.2) is 0 Å². The molecule has 12 aliphatic rings. The van der Waals surface area contributed by atoms with Crippen molar-refractivity contribution < 1.29 is 183 Å². The van der Waals surface area contributed by atoms with Crippen molar-refractivity contribution in [2.45, 2.75) is 303 Å². The molecule has 107 heavy (non-hydrogen) atoms. The fraction of sp³-hybridized carbons (Fsp3) is 0.957. The number of rotatable bonds is 20. The van der Waals surface area contributed by atoms with Gasteiger partial charge in [-0.15, -0.1) is 0 Å². The van der Waals surface area contributed by atoms with Gasteiger partial charge in [0.05, 0.1) is 83.9 Å². The number of hydrogen-bond donors (Lipinski definition) is 22. The maximum Gasteiger partial charge on any atom is 0.317 e. The van der Waals surface area contributed by atoms with Gasteiger partial charge in [-0.3, -0.25) is 4.79 Å². The summed E-state index contributed by atoms with van der Waals surface area (Å²) in [7, 11) is 0. The SMILES string of the molecule is C[C@@H]1O[C@@H](O[C@H]2[C@H](OC(=O)[C@]34CCC(C)(C)C[C@H]3C3=CC[C@@H]5[C@@]6(C)C[C@H](O)[C@H](O[C@@H]7O[C@H](CO[C@@H]8O[C@H](CO[C@@H]9O[C@H](CO)[C@@H](O)[C@H](O)[C@H]9O)[C@@H](O)[C@H](O)[C@H]8O)[C@@H](O)[C@H](O)[C@H]7O)C(CO)(CO)C6CC[C@@]5(C)[C@]3(C)C[C@H]4O)OC[C@H](O)[C@@H]2O)[C@H](O)[C@H](O)[C@H]1O[C@@H]1OC[C@@H](O)[C@H](O[C@@H]2OC[C@](C)(CO)[C@H]2O)[C@H]1O. The van der Waals surface area contributed by atoms with Gasteiger partial charge < -0.3 is 179 Å². The molecule has 41 atom stereocenters. The number of allylic oxidation sites excluding steroid dienone is 2. The van der Waals surface area contributed by atoms with Crippen molar-refractivity contribution >= 4 is 5.97 Å². The Labute approximate surface area is 616 Å². The van der Waals surface area contributed by atoms with Crippen molar-refractivity contribution in [3.8, 4) is 0 Å². The summed E-state index contributed by atoms with van der Waals surface area (Å²) in [4.78, 5) is 15.6. The normalized spacial score (nSPS) is 54.0. The molecule has 37 nitrogen and oxygen atoms in total. The molecule has 0 aromatic heterocycles. The highest BCUT2D eigenvalue weighted by molar-refractivity contribution is 5.80. The van der Waals surface area contributed by atoms with Gasteiger partial charge in [-0.1, -0.05) is 53.2 Å². The topological polar surface area (TPSA) is 591 Å². The van der Waals surface area contributed by atoms with E-state index in [1.54, 1.807) is 6.92 Å². The number of carbonyl (C=O) groups is 1. The molecule has 0 amide bonds. The van der Waals surface area contributed by atoms with Gasteiger partial charge in [-0.2, -0.15) is 0 Å². The summed E-state index contributed by atoms with van der Waals surface area (Å²) < 4.78 is 82.1. The second-order valence-electron chi connectivity index (χ2n) is 34.1. The third kappa shape index (κ3) is 14.5. The van der Waals surface area contributed by atoms with Gasteiger partial charge >= 0.3 is 5.97 Å². The molecule has 0 spiro atoms. The lowest BCUT2D eigenvalue weighted by Gasteiger charge is -2.72. The number of aliphatic hydroxyl groups excluding tert-OH is 22. The lowest BCUT2D eigenvalue weighted by Crippen LogP contribution is -2.71. The van der Waals surface area contributed by atoms with E-state index in [2.05, 4.69) is 33.8 Å². The molecule has 0 aromatic rings. The summed E-state index contributed by atoms with van der Waals surface area (Å²) in [6, 6.07) is 0. The van der Waals surface area contributed by atoms with Gasteiger partial charge in [0.1, 0.15) is 134 Å². The van der Waals surface area contributed by atoms with E-state index in [0.717, 1.165) is 5.57 Å². The van der Waals surface area contributed by atoms with Crippen LogP contribution in [-0.4, -0.2) is 381 Å². The first-order chi connectivity index (χ1) is 50.3. The molecular weight excluding hydrogens is 1430 g/mol. The maximum absolute atomic E-state index is 15.6. The lowest BCUT2D eigenvalue weighted by atomic mass is 9.33. The Morgan fingerprint density at radius 3 is 1.63 bits per heavy atom. The molecule has 12 rings (SSSR count). The summed E-state index contributed by atoms with van der Waals surface area (Å²) in [5, 5.41) is 245. The molecule has 7 heterocycles. The number of hydrogen-bond acceptors (Lipinski definition) is 37. The third-order valence-electron chi connectivity index (χ3n) is 27.1. The quantitative estimate of drug-likeness (QED) is 0.0306. The minimum atomic E-state index is -2.03. The van der Waals surface area contributed by atoms with E-state index in [1.807, 2.05) is 6.92 Å². The van der Waals surface area contributed by atoms with E-state index in [0.29, 0.717) is 25.7 Å². The van der Waals surface area contributed by atoms with Gasteiger partial charge in [-0.05, 0) is 97.7 Å². The maximum atomic E-state index is 15.6. The average Bonchev–Trinajstić information content (AvgIpc) is 0.939. The molecule has 5 aliphatic carbocycles. The summed E-state index contributed by atoms with van der Waals surface area (Å²) >= 11 is 0. The zero-order valence-corrected chi connectivity index (χ0v) is 60.8. The fourth-order valence-electron chi connectivity index (χ4n) is 20.3. The largest absolute Gasteiger partial charge is 0.432 e. The minimum Gasteiger partial charge on any atom is -0.432 e. The van der Waals surface area contributed by atoms with Crippen LogP contribution >= 0.6 is 0 Å². The van der Waals surface area contributed by atoms with Crippen molar-refractivity contribution in [1.82, 2.24) is 0 Å². The molecular formula is C70H114O37. The first kappa shape index (κ1) is 84.2. The fourth-order valence-corrected chi connectivity index (χ4v) is 20.3. The Kier molecular flexibility index (Phi) is 25.0. The van der Waals surface area contributed by atoms with Crippen LogP contribution in [0.2, 0.25) is 0 Å². The second-order valence-corrected chi connectivity index (χ2v) is 34.1.